The number of esters is 1. The van der Waals surface area contributed by atoms with Gasteiger partial charge in [-0.3, -0.25) is 19.1 Å². The highest BCUT2D eigenvalue weighted by Gasteiger charge is 2.72. The van der Waals surface area contributed by atoms with Gasteiger partial charge in [-0.1, -0.05) is 62.3 Å². The lowest BCUT2D eigenvalue weighted by Gasteiger charge is -2.73. The Bertz CT molecular complexity index is 1800. The molecule has 0 spiro atoms. The molecule has 0 aromatic carbocycles. The second-order valence-electron chi connectivity index (χ2n) is 23.4. The second-order valence-corrected chi connectivity index (χ2v) is 27.3. The molecular weight excluding hydrogens is 804 g/mol. The molecule has 7 aliphatic rings. The fourth-order valence-electron chi connectivity index (χ4n) is 16.2. The zero-order valence-corrected chi connectivity index (χ0v) is 40.1. The van der Waals surface area contributed by atoms with Crippen LogP contribution in [0.5, 0.6) is 0 Å². The molecule has 7 rings (SSSR count). The first-order valence-corrected chi connectivity index (χ1v) is 27.0. The Hall–Kier alpha value is -1.08. The predicted octanol–water partition coefficient (Wildman–Crippen LogP) is 7.36. The van der Waals surface area contributed by atoms with Gasteiger partial charge in [-0.15, -0.1) is 0 Å². The monoisotopic (exact) mass is 883 g/mol. The molecule has 6 saturated carbocycles. The van der Waals surface area contributed by atoms with Crippen molar-refractivity contribution < 1.29 is 46.9 Å². The van der Waals surface area contributed by atoms with E-state index in [1.165, 1.54) is 19.3 Å². The maximum atomic E-state index is 13.7. The number of ether oxygens (including phenoxy) is 2. The molecule has 6 aliphatic carbocycles. The van der Waals surface area contributed by atoms with Crippen molar-refractivity contribution in [3.05, 3.63) is 0 Å². The van der Waals surface area contributed by atoms with Gasteiger partial charge in [-0.25, -0.2) is 8.42 Å². The van der Waals surface area contributed by atoms with Crippen molar-refractivity contribution in [3.8, 4) is 0 Å². The number of carbonyl (C=O) groups is 2. The summed E-state index contributed by atoms with van der Waals surface area (Å²) in [6.07, 6.45) is 9.61. The predicted molar refractivity (Wildman–Crippen MR) is 232 cm³/mol. The first kappa shape index (κ1) is 46.9. The maximum absolute atomic E-state index is 13.7. The summed E-state index contributed by atoms with van der Waals surface area (Å²) in [5.74, 6) is 1.64. The van der Waals surface area contributed by atoms with Crippen LogP contribution in [0.4, 0.5) is 0 Å². The van der Waals surface area contributed by atoms with Crippen molar-refractivity contribution in [1.29, 1.82) is 0 Å². The van der Waals surface area contributed by atoms with E-state index >= 15 is 0 Å². The van der Waals surface area contributed by atoms with Gasteiger partial charge in [-0.2, -0.15) is 0 Å². The average Bonchev–Trinajstić information content (AvgIpc) is 3.45. The Kier molecular flexibility index (Phi) is 12.4. The number of nitrogens with zero attached hydrogens (tertiary/aromatic N) is 1. The van der Waals surface area contributed by atoms with Crippen LogP contribution in [0.1, 0.15) is 140 Å². The Labute approximate surface area is 360 Å². The third-order valence-electron chi connectivity index (χ3n) is 19.8. The zero-order valence-electron chi connectivity index (χ0n) is 38.4. The zero-order chi connectivity index (χ0) is 44.2. The Morgan fingerprint density at radius 3 is 2.12 bits per heavy atom. The number of nitrogens with one attached hydrogen (secondary N) is 1. The fraction of sp³-hybridized carbons (Fsp3) is 0.957. The molecule has 7 fully saturated rings. The smallest absolute Gasteiger partial charge is 0.350 e. The Balaban J connectivity index is 1.11. The van der Waals surface area contributed by atoms with Crippen LogP contribution in [-0.2, 0) is 33.5 Å². The molecule has 4 N–H and O–H groups in total. The summed E-state index contributed by atoms with van der Waals surface area (Å²) >= 11 is 0. The largest absolute Gasteiger partial charge is 0.481 e. The van der Waals surface area contributed by atoms with Gasteiger partial charge in [0.2, 0.25) is 0 Å². The van der Waals surface area contributed by atoms with Crippen LogP contribution in [0.15, 0.2) is 0 Å². The summed E-state index contributed by atoms with van der Waals surface area (Å²) < 4.78 is 49.0. The minimum Gasteiger partial charge on any atom is -0.481 e. The number of hydrogen-bond acceptors (Lipinski definition) is 9. The molecular formula is C46H79N2O10PS. The molecule has 12 nitrogen and oxygen atoms in total. The van der Waals surface area contributed by atoms with E-state index in [2.05, 4.69) is 58.7 Å². The van der Waals surface area contributed by atoms with Gasteiger partial charge in [0, 0.05) is 43.1 Å². The molecule has 0 bridgehead atoms. The molecule has 1 saturated heterocycles. The van der Waals surface area contributed by atoms with Crippen LogP contribution in [-0.4, -0.2) is 101 Å². The van der Waals surface area contributed by atoms with Crippen molar-refractivity contribution in [1.82, 2.24) is 10.2 Å². The summed E-state index contributed by atoms with van der Waals surface area (Å²) in [6, 6.07) is -0.225. The van der Waals surface area contributed by atoms with E-state index in [4.69, 9.17) is 9.47 Å². The van der Waals surface area contributed by atoms with Crippen LogP contribution < -0.4 is 5.32 Å². The van der Waals surface area contributed by atoms with Crippen molar-refractivity contribution in [3.63, 3.8) is 0 Å². The van der Waals surface area contributed by atoms with Gasteiger partial charge >= 0.3 is 19.5 Å². The lowest BCUT2D eigenvalue weighted by molar-refractivity contribution is -0.248. The second kappa shape index (κ2) is 15.8. The normalized spacial score (nSPS) is 44.1. The van der Waals surface area contributed by atoms with Gasteiger partial charge < -0.3 is 29.7 Å². The maximum Gasteiger partial charge on any atom is 0.350 e. The van der Waals surface area contributed by atoms with Crippen molar-refractivity contribution in [2.75, 3.05) is 37.5 Å². The minimum absolute atomic E-state index is 0.000854. The Morgan fingerprint density at radius 1 is 0.833 bits per heavy atom. The number of carboxylic acid groups (broad SMARTS) is 1. The fourth-order valence-corrected chi connectivity index (χ4v) is 17.8. The van der Waals surface area contributed by atoms with Crippen LogP contribution in [0, 0.1) is 74.4 Å². The minimum atomic E-state index is -4.38. The molecule has 0 aromatic rings. The average molecular weight is 883 g/mol. The van der Waals surface area contributed by atoms with E-state index < -0.39 is 35.9 Å². The van der Waals surface area contributed by atoms with Crippen LogP contribution in [0.3, 0.4) is 0 Å². The van der Waals surface area contributed by atoms with E-state index in [0.29, 0.717) is 55.1 Å². The van der Waals surface area contributed by atoms with E-state index in [-0.39, 0.29) is 80.5 Å². The molecule has 14 atom stereocenters. The SMILES string of the molecule is CC(C)[C@@H]1CC[C@]2(NC[C@H]([C@@H](C)OCP(=O)(O)O)N3CCS(=O)(=O)CC3)CC[C@]3(C)[C@H](CC[C@@H]4[C@@]5(C)CC[C@H](OC(=O)[C@H]6[C@@H](CC(=O)O)C6(C)C)C(C)(C)[C@@H]5CC[C@]43C)[C@@H]12. The lowest BCUT2D eigenvalue weighted by atomic mass is 9.32. The number of fused-ring (bicyclic) bond motifs is 7. The third kappa shape index (κ3) is 7.92. The number of carboxylic acids is 1. The van der Waals surface area contributed by atoms with Crippen molar-refractivity contribution in [2.45, 2.75) is 164 Å². The number of carbonyl (C=O) groups excluding carboxylic acids is 1. The highest BCUT2D eigenvalue weighted by molar-refractivity contribution is 7.91. The van der Waals surface area contributed by atoms with E-state index in [9.17, 15) is 37.5 Å². The van der Waals surface area contributed by atoms with E-state index in [1.807, 2.05) is 20.8 Å². The van der Waals surface area contributed by atoms with Gasteiger partial charge in [0.1, 0.15) is 12.5 Å². The first-order chi connectivity index (χ1) is 27.6. The lowest BCUT2D eigenvalue weighted by Crippen LogP contribution is -2.69. The van der Waals surface area contributed by atoms with Gasteiger partial charge in [0.15, 0.2) is 9.84 Å². The van der Waals surface area contributed by atoms with E-state index in [1.54, 1.807) is 0 Å². The number of rotatable bonds is 13. The number of sulfone groups is 1. The summed E-state index contributed by atoms with van der Waals surface area (Å²) in [7, 11) is -7.50. The van der Waals surface area contributed by atoms with Crippen LogP contribution >= 0.6 is 7.60 Å². The quantitative estimate of drug-likeness (QED) is 0.107. The van der Waals surface area contributed by atoms with Crippen LogP contribution in [0.25, 0.3) is 0 Å². The van der Waals surface area contributed by atoms with Gasteiger partial charge in [-0.05, 0) is 134 Å². The molecule has 0 radical (unpaired) electrons. The van der Waals surface area contributed by atoms with Gasteiger partial charge in [0.05, 0.1) is 23.5 Å². The van der Waals surface area contributed by atoms with Crippen LogP contribution in [0.2, 0.25) is 0 Å². The molecule has 0 amide bonds. The highest BCUT2D eigenvalue weighted by Crippen LogP contribution is 2.76. The highest BCUT2D eigenvalue weighted by atomic mass is 32.2. The molecule has 0 aromatic heterocycles. The Morgan fingerprint density at radius 2 is 1.50 bits per heavy atom. The molecule has 1 heterocycles. The topological polar surface area (TPSA) is 180 Å². The number of hydrogen-bond donors (Lipinski definition) is 4. The molecule has 1 aliphatic heterocycles. The van der Waals surface area contributed by atoms with Crippen molar-refractivity contribution >= 4 is 29.4 Å². The molecule has 60 heavy (non-hydrogen) atoms. The number of aliphatic carboxylic acids is 1. The summed E-state index contributed by atoms with van der Waals surface area (Å²) in [5, 5.41) is 13.7. The molecule has 344 valence electrons. The van der Waals surface area contributed by atoms with E-state index in [0.717, 1.165) is 44.9 Å². The molecule has 0 unspecified atom stereocenters. The third-order valence-corrected chi connectivity index (χ3v) is 21.9. The molecule has 14 heteroatoms. The first-order valence-electron chi connectivity index (χ1n) is 23.4. The summed E-state index contributed by atoms with van der Waals surface area (Å²) in [6.45, 7) is 24.5. The van der Waals surface area contributed by atoms with Crippen molar-refractivity contribution in [2.24, 2.45) is 74.4 Å². The van der Waals surface area contributed by atoms with Gasteiger partial charge in [0.25, 0.3) is 0 Å². The summed E-state index contributed by atoms with van der Waals surface area (Å²) in [5.41, 5.74) is -0.240. The summed E-state index contributed by atoms with van der Waals surface area (Å²) in [4.78, 5) is 46.7. The standard InChI is InChI=1S/C46H79N2O10PS/c1-28(2)30-13-18-46(47-26-33(29(3)57-27-59(52,53)54)48-21-23-60(55,56)24-22-48)20-19-44(9)31(38(30)46)11-12-35-43(8)16-15-36(42(6,7)34(43)14-17-45(35,44)10)58-40(51)39-32(25-37(49)50)41(39,4)5/h28-36,38-39,47H,11-27H2,1-10H3,(H,49,50)(H2,52,53,54)/t29-,30+,31-,32-,33-,34+,35-,36+,38-,39-,43+,44-,45-,46+/m1/s1.